The zero-order valence-corrected chi connectivity index (χ0v) is 16.3. The predicted octanol–water partition coefficient (Wildman–Crippen LogP) is 3.05. The van der Waals surface area contributed by atoms with Gasteiger partial charge in [0.25, 0.3) is 0 Å². The van der Waals surface area contributed by atoms with Crippen molar-refractivity contribution in [1.29, 1.82) is 0 Å². The van der Waals surface area contributed by atoms with Crippen LogP contribution in [-0.4, -0.2) is 64.4 Å². The average Bonchev–Trinajstić information content (AvgIpc) is 3.43. The highest BCUT2D eigenvalue weighted by Crippen LogP contribution is 2.22. The number of urea groups is 1. The first-order chi connectivity index (χ1) is 13.8. The van der Waals surface area contributed by atoms with Crippen molar-refractivity contribution in [1.82, 2.24) is 19.6 Å². The first-order valence-electron chi connectivity index (χ1n) is 10.3. The van der Waals surface area contributed by atoms with E-state index in [2.05, 4.69) is 15.3 Å². The second kappa shape index (κ2) is 9.10. The van der Waals surface area contributed by atoms with E-state index in [1.165, 1.54) is 32.4 Å². The van der Waals surface area contributed by atoms with Crippen molar-refractivity contribution < 1.29 is 9.53 Å². The van der Waals surface area contributed by atoms with Crippen molar-refractivity contribution in [2.45, 2.75) is 38.3 Å². The molecular weight excluding hydrogens is 354 g/mol. The number of rotatable bonds is 6. The summed E-state index contributed by atoms with van der Waals surface area (Å²) in [6.45, 7) is 5.23. The second-order valence-corrected chi connectivity index (χ2v) is 7.56. The van der Waals surface area contributed by atoms with Gasteiger partial charge < -0.3 is 15.0 Å². The molecule has 2 fully saturated rings. The number of carbonyl (C=O) groups excluding carboxylic acids is 1. The molecule has 0 radical (unpaired) electrons. The minimum atomic E-state index is -0.0161. The summed E-state index contributed by atoms with van der Waals surface area (Å²) in [6.07, 6.45) is 8.51. The predicted molar refractivity (Wildman–Crippen MR) is 109 cm³/mol. The van der Waals surface area contributed by atoms with E-state index >= 15 is 0 Å². The van der Waals surface area contributed by atoms with E-state index in [0.29, 0.717) is 19.2 Å². The Morgan fingerprint density at radius 2 is 2.07 bits per heavy atom. The smallest absolute Gasteiger partial charge is 0.321 e. The molecule has 2 aliphatic rings. The summed E-state index contributed by atoms with van der Waals surface area (Å²) < 4.78 is 7.63. The van der Waals surface area contributed by atoms with Crippen molar-refractivity contribution in [2.24, 2.45) is 0 Å². The molecule has 150 valence electrons. The lowest BCUT2D eigenvalue weighted by molar-refractivity contribution is 0.132. The third-order valence-corrected chi connectivity index (χ3v) is 5.57. The van der Waals surface area contributed by atoms with Gasteiger partial charge in [-0.25, -0.2) is 4.79 Å². The van der Waals surface area contributed by atoms with Gasteiger partial charge in [-0.3, -0.25) is 9.58 Å². The van der Waals surface area contributed by atoms with Crippen molar-refractivity contribution in [3.8, 4) is 5.75 Å². The lowest BCUT2D eigenvalue weighted by Gasteiger charge is -2.37. The van der Waals surface area contributed by atoms with Crippen molar-refractivity contribution in [2.75, 3.05) is 38.1 Å². The highest BCUT2D eigenvalue weighted by molar-refractivity contribution is 5.89. The number of ether oxygens (including phenoxy) is 1. The molecule has 7 nitrogen and oxygen atoms in total. The van der Waals surface area contributed by atoms with Crippen molar-refractivity contribution >= 4 is 11.7 Å². The number of nitrogens with zero attached hydrogens (tertiary/aromatic N) is 4. The quantitative estimate of drug-likeness (QED) is 0.833. The van der Waals surface area contributed by atoms with Gasteiger partial charge >= 0.3 is 6.03 Å². The van der Waals surface area contributed by atoms with E-state index in [1.54, 1.807) is 6.20 Å². The standard InChI is InChI=1S/C21H29N5O2/c27-21(25-12-4-7-19(17-25)24-10-1-2-11-24)23-18-6-3-8-20(16-18)28-15-14-26-13-5-9-22-26/h3,5-6,8-9,13,16,19H,1-2,4,7,10-12,14-15,17H2,(H,23,27)/t19-/m1/s1. The molecule has 0 unspecified atom stereocenters. The van der Waals surface area contributed by atoms with Crippen LogP contribution in [0.1, 0.15) is 25.7 Å². The molecular formula is C21H29N5O2. The summed E-state index contributed by atoms with van der Waals surface area (Å²) in [6, 6.07) is 9.98. The number of nitrogens with one attached hydrogen (secondary N) is 1. The van der Waals surface area contributed by atoms with Crippen LogP contribution in [0.15, 0.2) is 42.7 Å². The molecule has 0 saturated carbocycles. The molecule has 0 spiro atoms. The van der Waals surface area contributed by atoms with Gasteiger partial charge in [0.1, 0.15) is 12.4 Å². The highest BCUT2D eigenvalue weighted by atomic mass is 16.5. The maximum Gasteiger partial charge on any atom is 0.321 e. The van der Waals surface area contributed by atoms with Crippen LogP contribution < -0.4 is 10.1 Å². The van der Waals surface area contributed by atoms with E-state index < -0.39 is 0 Å². The number of likely N-dealkylation sites (tertiary alicyclic amines) is 2. The zero-order chi connectivity index (χ0) is 19.2. The van der Waals surface area contributed by atoms with Crippen LogP contribution in [0.4, 0.5) is 10.5 Å². The minimum absolute atomic E-state index is 0.0161. The molecule has 2 amide bonds. The molecule has 28 heavy (non-hydrogen) atoms. The molecule has 7 heteroatoms. The fraction of sp³-hybridized carbons (Fsp3) is 0.524. The number of aromatic nitrogens is 2. The van der Waals surface area contributed by atoms with Crippen LogP contribution in [0, 0.1) is 0 Å². The molecule has 2 aliphatic heterocycles. The summed E-state index contributed by atoms with van der Waals surface area (Å²) in [5.41, 5.74) is 0.768. The maximum absolute atomic E-state index is 12.8. The van der Waals surface area contributed by atoms with Crippen LogP contribution in [0.25, 0.3) is 0 Å². The summed E-state index contributed by atoms with van der Waals surface area (Å²) in [4.78, 5) is 17.3. The Hall–Kier alpha value is -2.54. The summed E-state index contributed by atoms with van der Waals surface area (Å²) in [5.74, 6) is 0.749. The molecule has 4 rings (SSSR count). The van der Waals surface area contributed by atoms with Gasteiger partial charge in [0, 0.05) is 43.3 Å². The average molecular weight is 383 g/mol. The van der Waals surface area contributed by atoms with Gasteiger partial charge in [0.2, 0.25) is 0 Å². The third kappa shape index (κ3) is 4.84. The zero-order valence-electron chi connectivity index (χ0n) is 16.3. The molecule has 1 N–H and O–H groups in total. The Morgan fingerprint density at radius 3 is 2.89 bits per heavy atom. The highest BCUT2D eigenvalue weighted by Gasteiger charge is 2.29. The number of amides is 2. The van der Waals surface area contributed by atoms with Gasteiger partial charge in [-0.15, -0.1) is 0 Å². The largest absolute Gasteiger partial charge is 0.492 e. The number of carbonyl (C=O) groups is 1. The summed E-state index contributed by atoms with van der Waals surface area (Å²) in [5, 5.41) is 7.20. The van der Waals surface area contributed by atoms with Gasteiger partial charge in [-0.2, -0.15) is 5.10 Å². The van der Waals surface area contributed by atoms with Crippen LogP contribution >= 0.6 is 0 Å². The molecule has 1 atom stereocenters. The Morgan fingerprint density at radius 1 is 1.18 bits per heavy atom. The molecule has 2 saturated heterocycles. The van der Waals surface area contributed by atoms with Gasteiger partial charge in [0.05, 0.1) is 6.54 Å². The fourth-order valence-electron chi connectivity index (χ4n) is 4.10. The lowest BCUT2D eigenvalue weighted by atomic mass is 10.0. The SMILES string of the molecule is O=C(Nc1cccc(OCCn2cccn2)c1)N1CCC[C@@H](N2CCCC2)C1. The molecule has 1 aromatic carbocycles. The van der Waals surface area contributed by atoms with Crippen LogP contribution in [0.2, 0.25) is 0 Å². The summed E-state index contributed by atoms with van der Waals surface area (Å²) in [7, 11) is 0. The van der Waals surface area contributed by atoms with E-state index in [-0.39, 0.29) is 6.03 Å². The van der Waals surface area contributed by atoms with E-state index in [0.717, 1.165) is 30.9 Å². The number of hydrogen-bond acceptors (Lipinski definition) is 4. The van der Waals surface area contributed by atoms with Gasteiger partial charge in [-0.05, 0) is 57.0 Å². The van der Waals surface area contributed by atoms with Crippen molar-refractivity contribution in [3.63, 3.8) is 0 Å². The monoisotopic (exact) mass is 383 g/mol. The summed E-state index contributed by atoms with van der Waals surface area (Å²) >= 11 is 0. The molecule has 3 heterocycles. The number of hydrogen-bond donors (Lipinski definition) is 1. The van der Waals surface area contributed by atoms with Crippen molar-refractivity contribution in [3.05, 3.63) is 42.7 Å². The Labute approximate surface area is 166 Å². The number of piperidine rings is 1. The van der Waals surface area contributed by atoms with Gasteiger partial charge in [-0.1, -0.05) is 6.07 Å². The first-order valence-corrected chi connectivity index (χ1v) is 10.3. The van der Waals surface area contributed by atoms with Crippen LogP contribution in [-0.2, 0) is 6.54 Å². The lowest BCUT2D eigenvalue weighted by Crippen LogP contribution is -2.50. The Balaban J connectivity index is 1.28. The van der Waals surface area contributed by atoms with E-state index in [1.807, 2.05) is 46.1 Å². The Kier molecular flexibility index (Phi) is 6.11. The molecule has 1 aromatic heterocycles. The molecule has 2 aromatic rings. The van der Waals surface area contributed by atoms with Crippen LogP contribution in [0.3, 0.4) is 0 Å². The molecule has 0 aliphatic carbocycles. The van der Waals surface area contributed by atoms with Crippen LogP contribution in [0.5, 0.6) is 5.75 Å². The van der Waals surface area contributed by atoms with Gasteiger partial charge in [0.15, 0.2) is 0 Å². The molecule has 0 bridgehead atoms. The maximum atomic E-state index is 12.8. The number of benzene rings is 1. The minimum Gasteiger partial charge on any atom is -0.492 e. The van der Waals surface area contributed by atoms with E-state index in [4.69, 9.17) is 4.74 Å². The fourth-order valence-corrected chi connectivity index (χ4v) is 4.10. The normalized spacial score (nSPS) is 20.3. The first kappa shape index (κ1) is 18.8. The second-order valence-electron chi connectivity index (χ2n) is 7.56. The third-order valence-electron chi connectivity index (χ3n) is 5.57. The Bertz CT molecular complexity index is 758. The van der Waals surface area contributed by atoms with E-state index in [9.17, 15) is 4.79 Å². The number of anilines is 1. The topological polar surface area (TPSA) is 62.6 Å².